The van der Waals surface area contributed by atoms with E-state index in [1.54, 1.807) is 13.0 Å². The topological polar surface area (TPSA) is 53.2 Å². The van der Waals surface area contributed by atoms with Gasteiger partial charge in [0.2, 0.25) is 0 Å². The van der Waals surface area contributed by atoms with E-state index >= 15 is 0 Å². The maximum absolute atomic E-state index is 12.5. The Bertz CT molecular complexity index is 429. The molecule has 1 aromatic carbocycles. The number of nitriles is 1. The highest BCUT2D eigenvalue weighted by Crippen LogP contribution is 2.25. The molecule has 0 aliphatic rings. The van der Waals surface area contributed by atoms with Crippen LogP contribution in [-0.4, -0.2) is 17.3 Å². The molecular formula is C13H15F2NO2. The van der Waals surface area contributed by atoms with Crippen molar-refractivity contribution in [2.75, 3.05) is 0 Å². The first-order valence-electron chi connectivity index (χ1n) is 5.57. The predicted octanol–water partition coefficient (Wildman–Crippen LogP) is 2.97. The average molecular weight is 255 g/mol. The lowest BCUT2D eigenvalue weighted by Gasteiger charge is -2.20. The minimum absolute atomic E-state index is 0.152. The lowest BCUT2D eigenvalue weighted by Crippen LogP contribution is -2.24. The van der Waals surface area contributed by atoms with Crippen LogP contribution in [-0.2, 0) is 4.74 Å². The molecule has 0 amide bonds. The number of aliphatic hydroxyl groups excluding tert-OH is 1. The van der Waals surface area contributed by atoms with Crippen LogP contribution in [0.25, 0.3) is 0 Å². The molecule has 0 saturated heterocycles. The molecule has 1 aromatic rings. The summed E-state index contributed by atoms with van der Waals surface area (Å²) in [6.07, 6.45) is -4.84. The van der Waals surface area contributed by atoms with Crippen LogP contribution in [0.15, 0.2) is 24.3 Å². The zero-order valence-corrected chi connectivity index (χ0v) is 10.2. The van der Waals surface area contributed by atoms with Gasteiger partial charge in [0, 0.05) is 5.56 Å². The number of halogens is 2. The van der Waals surface area contributed by atoms with E-state index in [4.69, 9.17) is 10.00 Å². The predicted molar refractivity (Wildman–Crippen MR) is 62.0 cm³/mol. The van der Waals surface area contributed by atoms with Crippen molar-refractivity contribution < 1.29 is 18.6 Å². The van der Waals surface area contributed by atoms with Crippen molar-refractivity contribution in [3.63, 3.8) is 0 Å². The Balaban J connectivity index is 2.89. The van der Waals surface area contributed by atoms with E-state index in [9.17, 15) is 13.9 Å². The summed E-state index contributed by atoms with van der Waals surface area (Å²) in [7, 11) is 0. The molecule has 5 heteroatoms. The summed E-state index contributed by atoms with van der Waals surface area (Å²) in [5.74, 6) is 0. The minimum Gasteiger partial charge on any atom is -0.391 e. The average Bonchev–Trinajstić information content (AvgIpc) is 2.35. The van der Waals surface area contributed by atoms with Gasteiger partial charge in [0.15, 0.2) is 6.10 Å². The van der Waals surface area contributed by atoms with Gasteiger partial charge in [0.05, 0.1) is 18.3 Å². The molecule has 1 N–H and O–H groups in total. The van der Waals surface area contributed by atoms with Gasteiger partial charge in [-0.2, -0.15) is 5.26 Å². The molecule has 1 rings (SSSR count). The standard InChI is InChI=1S/C13H15F2NO2/c1-8(17)9(2)18-12(7-16)10-4-3-5-11(6-10)13(14)15/h3-6,8-9,12-13,17H,1-2H3. The quantitative estimate of drug-likeness (QED) is 0.880. The van der Waals surface area contributed by atoms with Crippen LogP contribution < -0.4 is 0 Å². The first kappa shape index (κ1) is 14.6. The number of rotatable bonds is 5. The van der Waals surface area contributed by atoms with Gasteiger partial charge in [-0.3, -0.25) is 0 Å². The Morgan fingerprint density at radius 3 is 2.39 bits per heavy atom. The molecule has 3 unspecified atom stereocenters. The summed E-state index contributed by atoms with van der Waals surface area (Å²) >= 11 is 0. The van der Waals surface area contributed by atoms with Crippen molar-refractivity contribution in [1.29, 1.82) is 5.26 Å². The molecule has 0 aromatic heterocycles. The van der Waals surface area contributed by atoms with E-state index in [0.29, 0.717) is 5.56 Å². The van der Waals surface area contributed by atoms with E-state index in [0.717, 1.165) is 0 Å². The van der Waals surface area contributed by atoms with Crippen LogP contribution in [0.3, 0.4) is 0 Å². The maximum Gasteiger partial charge on any atom is 0.263 e. The molecule has 0 saturated carbocycles. The van der Waals surface area contributed by atoms with E-state index in [2.05, 4.69) is 0 Å². The summed E-state index contributed by atoms with van der Waals surface area (Å²) in [6, 6.07) is 7.43. The Kier molecular flexibility index (Phi) is 5.20. The van der Waals surface area contributed by atoms with Gasteiger partial charge in [-0.25, -0.2) is 8.78 Å². The second kappa shape index (κ2) is 6.43. The van der Waals surface area contributed by atoms with Crippen LogP contribution in [0, 0.1) is 11.3 Å². The summed E-state index contributed by atoms with van der Waals surface area (Å²) < 4.78 is 30.4. The second-order valence-corrected chi connectivity index (χ2v) is 4.06. The summed E-state index contributed by atoms with van der Waals surface area (Å²) in [4.78, 5) is 0. The normalized spacial score (nSPS) is 16.1. The fourth-order valence-electron chi connectivity index (χ4n) is 1.37. The highest BCUT2D eigenvalue weighted by molar-refractivity contribution is 5.28. The number of hydrogen-bond donors (Lipinski definition) is 1. The fraction of sp³-hybridized carbons (Fsp3) is 0.462. The maximum atomic E-state index is 12.5. The largest absolute Gasteiger partial charge is 0.391 e. The third-order valence-electron chi connectivity index (χ3n) is 2.61. The van der Waals surface area contributed by atoms with Gasteiger partial charge in [-0.15, -0.1) is 0 Å². The van der Waals surface area contributed by atoms with Gasteiger partial charge in [-0.05, 0) is 25.5 Å². The molecule has 3 atom stereocenters. The molecule has 98 valence electrons. The molecule has 0 aliphatic heterocycles. The van der Waals surface area contributed by atoms with Crippen LogP contribution in [0.4, 0.5) is 8.78 Å². The monoisotopic (exact) mass is 255 g/mol. The van der Waals surface area contributed by atoms with Crippen LogP contribution in [0.2, 0.25) is 0 Å². The summed E-state index contributed by atoms with van der Waals surface area (Å²) in [5, 5.41) is 18.3. The smallest absolute Gasteiger partial charge is 0.263 e. The van der Waals surface area contributed by atoms with Gasteiger partial charge < -0.3 is 9.84 Å². The molecule has 0 aliphatic carbocycles. The van der Waals surface area contributed by atoms with E-state index in [-0.39, 0.29) is 5.56 Å². The van der Waals surface area contributed by atoms with Gasteiger partial charge in [0.25, 0.3) is 6.43 Å². The molecular weight excluding hydrogens is 240 g/mol. The SMILES string of the molecule is CC(O)C(C)OC(C#N)c1cccc(C(F)F)c1. The number of ether oxygens (including phenoxy) is 1. The van der Waals surface area contributed by atoms with Crippen molar-refractivity contribution in [3.05, 3.63) is 35.4 Å². The fourth-order valence-corrected chi connectivity index (χ4v) is 1.37. The van der Waals surface area contributed by atoms with Crippen molar-refractivity contribution in [1.82, 2.24) is 0 Å². The van der Waals surface area contributed by atoms with Gasteiger partial charge in [-0.1, -0.05) is 18.2 Å². The first-order valence-corrected chi connectivity index (χ1v) is 5.57. The molecule has 3 nitrogen and oxygen atoms in total. The first-order chi connectivity index (χ1) is 8.45. The summed E-state index contributed by atoms with van der Waals surface area (Å²) in [5.41, 5.74) is 0.212. The van der Waals surface area contributed by atoms with Crippen LogP contribution in [0.1, 0.15) is 37.5 Å². The molecule has 0 bridgehead atoms. The Hall–Kier alpha value is -1.51. The van der Waals surface area contributed by atoms with Crippen LogP contribution >= 0.6 is 0 Å². The summed E-state index contributed by atoms with van der Waals surface area (Å²) in [6.45, 7) is 3.15. The van der Waals surface area contributed by atoms with E-state index in [1.807, 2.05) is 6.07 Å². The Labute approximate surface area is 105 Å². The number of aliphatic hydroxyl groups is 1. The zero-order chi connectivity index (χ0) is 13.7. The van der Waals surface area contributed by atoms with Crippen molar-refractivity contribution >= 4 is 0 Å². The third kappa shape index (κ3) is 3.76. The van der Waals surface area contributed by atoms with E-state index in [1.165, 1.54) is 25.1 Å². The zero-order valence-electron chi connectivity index (χ0n) is 10.2. The number of nitrogens with zero attached hydrogens (tertiary/aromatic N) is 1. The van der Waals surface area contributed by atoms with Crippen LogP contribution in [0.5, 0.6) is 0 Å². The Morgan fingerprint density at radius 1 is 1.28 bits per heavy atom. The van der Waals surface area contributed by atoms with Gasteiger partial charge in [0.1, 0.15) is 0 Å². The molecule has 0 radical (unpaired) electrons. The minimum atomic E-state index is -2.58. The number of benzene rings is 1. The van der Waals surface area contributed by atoms with E-state index < -0.39 is 24.7 Å². The van der Waals surface area contributed by atoms with Crippen molar-refractivity contribution in [2.45, 2.75) is 38.6 Å². The molecule has 18 heavy (non-hydrogen) atoms. The second-order valence-electron chi connectivity index (χ2n) is 4.06. The lowest BCUT2D eigenvalue weighted by atomic mass is 10.1. The molecule has 0 fully saturated rings. The molecule has 0 spiro atoms. The highest BCUT2D eigenvalue weighted by Gasteiger charge is 2.19. The lowest BCUT2D eigenvalue weighted by molar-refractivity contribution is -0.0426. The Morgan fingerprint density at radius 2 is 1.89 bits per heavy atom. The van der Waals surface area contributed by atoms with Crippen molar-refractivity contribution in [2.24, 2.45) is 0 Å². The molecule has 0 heterocycles. The number of alkyl halides is 2. The third-order valence-corrected chi connectivity index (χ3v) is 2.61. The van der Waals surface area contributed by atoms with Crippen molar-refractivity contribution in [3.8, 4) is 6.07 Å². The highest BCUT2D eigenvalue weighted by atomic mass is 19.3. The number of hydrogen-bond acceptors (Lipinski definition) is 3. The van der Waals surface area contributed by atoms with Gasteiger partial charge >= 0.3 is 0 Å².